The second-order valence-corrected chi connectivity index (χ2v) is 2.77. The molecule has 78 valence electrons. The zero-order valence-corrected chi connectivity index (χ0v) is 8.16. The van der Waals surface area contributed by atoms with Gasteiger partial charge in [0.15, 0.2) is 0 Å². The summed E-state index contributed by atoms with van der Waals surface area (Å²) in [4.78, 5) is 12.3. The molecule has 14 heavy (non-hydrogen) atoms. The summed E-state index contributed by atoms with van der Waals surface area (Å²) in [5.41, 5.74) is 5.51. The van der Waals surface area contributed by atoms with Crippen LogP contribution in [0.1, 0.15) is 12.8 Å². The maximum absolute atomic E-state index is 11.8. The van der Waals surface area contributed by atoms with E-state index in [1.54, 1.807) is 0 Å². The van der Waals surface area contributed by atoms with Gasteiger partial charge >= 0.3 is 0 Å². The van der Waals surface area contributed by atoms with Crippen molar-refractivity contribution in [1.29, 1.82) is 5.26 Å². The molecule has 0 fully saturated rings. The lowest BCUT2D eigenvalue weighted by Crippen LogP contribution is -2.28. The SMILES string of the molecule is CN(C=C(C#N)CCCF)C(=O)CN. The highest BCUT2D eigenvalue weighted by Gasteiger charge is 2.04. The van der Waals surface area contributed by atoms with Crippen molar-refractivity contribution in [2.24, 2.45) is 5.73 Å². The van der Waals surface area contributed by atoms with Crippen LogP contribution in [-0.2, 0) is 4.79 Å². The van der Waals surface area contributed by atoms with Crippen molar-refractivity contribution in [1.82, 2.24) is 4.90 Å². The van der Waals surface area contributed by atoms with Gasteiger partial charge in [0.2, 0.25) is 5.91 Å². The number of alkyl halides is 1. The summed E-state index contributed by atoms with van der Waals surface area (Å²) in [5, 5.41) is 8.65. The van der Waals surface area contributed by atoms with Gasteiger partial charge in [-0.25, -0.2) is 0 Å². The number of nitrogens with two attached hydrogens (primary N) is 1. The third kappa shape index (κ3) is 4.58. The molecule has 0 atom stereocenters. The minimum Gasteiger partial charge on any atom is -0.322 e. The molecule has 0 saturated heterocycles. The fourth-order valence-electron chi connectivity index (χ4n) is 0.856. The third-order valence-corrected chi connectivity index (χ3v) is 1.64. The molecule has 0 aromatic carbocycles. The molecule has 4 nitrogen and oxygen atoms in total. The van der Waals surface area contributed by atoms with E-state index in [1.807, 2.05) is 6.07 Å². The quantitative estimate of drug-likeness (QED) is 0.658. The van der Waals surface area contributed by atoms with Crippen molar-refractivity contribution in [3.8, 4) is 6.07 Å². The zero-order chi connectivity index (χ0) is 11.0. The first-order valence-electron chi connectivity index (χ1n) is 4.28. The molecule has 0 aromatic heterocycles. The Kier molecular flexibility index (Phi) is 6.33. The van der Waals surface area contributed by atoms with Crippen LogP contribution in [0.5, 0.6) is 0 Å². The number of halogens is 1. The summed E-state index contributed by atoms with van der Waals surface area (Å²) in [7, 11) is 1.52. The molecule has 0 unspecified atom stereocenters. The predicted molar refractivity (Wildman–Crippen MR) is 50.7 cm³/mol. The number of nitrogens with zero attached hydrogens (tertiary/aromatic N) is 2. The molecule has 0 radical (unpaired) electrons. The number of rotatable bonds is 5. The molecule has 0 saturated carbocycles. The molecule has 1 amide bonds. The first kappa shape index (κ1) is 12.6. The lowest BCUT2D eigenvalue weighted by atomic mass is 10.2. The highest BCUT2D eigenvalue weighted by molar-refractivity contribution is 5.78. The fourth-order valence-corrected chi connectivity index (χ4v) is 0.856. The summed E-state index contributed by atoms with van der Waals surface area (Å²) >= 11 is 0. The minimum absolute atomic E-state index is 0.102. The maximum Gasteiger partial charge on any atom is 0.240 e. The van der Waals surface area contributed by atoms with Crippen molar-refractivity contribution >= 4 is 5.91 Å². The number of hydrogen-bond acceptors (Lipinski definition) is 3. The van der Waals surface area contributed by atoms with E-state index >= 15 is 0 Å². The molecule has 0 aliphatic carbocycles. The van der Waals surface area contributed by atoms with E-state index in [-0.39, 0.29) is 12.5 Å². The predicted octanol–water partition coefficient (Wildman–Crippen LogP) is 0.561. The van der Waals surface area contributed by atoms with Crippen LogP contribution in [0.15, 0.2) is 11.8 Å². The van der Waals surface area contributed by atoms with Gasteiger partial charge in [0, 0.05) is 18.8 Å². The van der Waals surface area contributed by atoms with Gasteiger partial charge < -0.3 is 10.6 Å². The molecule has 0 heterocycles. The van der Waals surface area contributed by atoms with Crippen molar-refractivity contribution in [2.75, 3.05) is 20.3 Å². The summed E-state index contributed by atoms with van der Waals surface area (Å²) in [6, 6.07) is 1.91. The Bertz CT molecular complexity index is 257. The van der Waals surface area contributed by atoms with E-state index in [0.29, 0.717) is 18.4 Å². The molecule has 0 spiro atoms. The van der Waals surface area contributed by atoms with Crippen molar-refractivity contribution in [2.45, 2.75) is 12.8 Å². The third-order valence-electron chi connectivity index (χ3n) is 1.64. The molecule has 0 bridgehead atoms. The van der Waals surface area contributed by atoms with Crippen molar-refractivity contribution in [3.05, 3.63) is 11.8 Å². The standard InChI is InChI=1S/C9H14FN3O/c1-13(9(14)6-12)7-8(5-11)3-2-4-10/h7H,2-4,6,12H2,1H3. The molecule has 0 aromatic rings. The fraction of sp³-hybridized carbons (Fsp3) is 0.556. The van der Waals surface area contributed by atoms with Crippen molar-refractivity contribution < 1.29 is 9.18 Å². The van der Waals surface area contributed by atoms with Crippen LogP contribution in [0.2, 0.25) is 0 Å². The molecule has 2 N–H and O–H groups in total. The Hall–Kier alpha value is -1.41. The average molecular weight is 199 g/mol. The van der Waals surface area contributed by atoms with E-state index in [9.17, 15) is 9.18 Å². The summed E-state index contributed by atoms with van der Waals surface area (Å²) in [5.74, 6) is -0.280. The van der Waals surface area contributed by atoms with E-state index < -0.39 is 6.67 Å². The van der Waals surface area contributed by atoms with Crippen LogP contribution < -0.4 is 5.73 Å². The molecule has 0 aliphatic rings. The Morgan fingerprint density at radius 1 is 1.71 bits per heavy atom. The van der Waals surface area contributed by atoms with Gasteiger partial charge in [0.25, 0.3) is 0 Å². The lowest BCUT2D eigenvalue weighted by molar-refractivity contribution is -0.126. The van der Waals surface area contributed by atoms with Crippen LogP contribution >= 0.6 is 0 Å². The van der Waals surface area contributed by atoms with Gasteiger partial charge in [-0.2, -0.15) is 5.26 Å². The summed E-state index contributed by atoms with van der Waals surface area (Å²) < 4.78 is 11.8. The second-order valence-electron chi connectivity index (χ2n) is 2.77. The Morgan fingerprint density at radius 3 is 2.79 bits per heavy atom. The van der Waals surface area contributed by atoms with E-state index in [0.717, 1.165) is 0 Å². The van der Waals surface area contributed by atoms with E-state index in [1.165, 1.54) is 18.1 Å². The highest BCUT2D eigenvalue weighted by Crippen LogP contribution is 2.05. The number of carbonyl (C=O) groups excluding carboxylic acids is 1. The number of nitriles is 1. The number of carbonyl (C=O) groups is 1. The maximum atomic E-state index is 11.8. The smallest absolute Gasteiger partial charge is 0.240 e. The molecular weight excluding hydrogens is 185 g/mol. The molecule has 0 aliphatic heterocycles. The van der Waals surface area contributed by atoms with Gasteiger partial charge in [-0.15, -0.1) is 0 Å². The van der Waals surface area contributed by atoms with Gasteiger partial charge in [0.05, 0.1) is 19.3 Å². The van der Waals surface area contributed by atoms with Gasteiger partial charge in [-0.3, -0.25) is 9.18 Å². The average Bonchev–Trinajstić information content (AvgIpc) is 2.22. The van der Waals surface area contributed by atoms with E-state index in [2.05, 4.69) is 0 Å². The highest BCUT2D eigenvalue weighted by atomic mass is 19.1. The van der Waals surface area contributed by atoms with Gasteiger partial charge in [-0.05, 0) is 12.8 Å². The van der Waals surface area contributed by atoms with Crippen LogP contribution in [0.4, 0.5) is 4.39 Å². The normalized spacial score (nSPS) is 10.9. The van der Waals surface area contributed by atoms with E-state index in [4.69, 9.17) is 11.0 Å². The number of hydrogen-bond donors (Lipinski definition) is 1. The number of allylic oxidation sites excluding steroid dienone is 1. The topological polar surface area (TPSA) is 70.1 Å². The molecular formula is C9H14FN3O. The monoisotopic (exact) mass is 199 g/mol. The Morgan fingerprint density at radius 2 is 2.36 bits per heavy atom. The van der Waals surface area contributed by atoms with Gasteiger partial charge in [0.1, 0.15) is 0 Å². The van der Waals surface area contributed by atoms with Crippen LogP contribution in [0.3, 0.4) is 0 Å². The van der Waals surface area contributed by atoms with Crippen LogP contribution in [0.25, 0.3) is 0 Å². The largest absolute Gasteiger partial charge is 0.322 e. The van der Waals surface area contributed by atoms with Crippen molar-refractivity contribution in [3.63, 3.8) is 0 Å². The summed E-state index contributed by atoms with van der Waals surface area (Å²) in [6.07, 6.45) is 2.03. The Balaban J connectivity index is 4.29. The Labute approximate surface area is 82.8 Å². The minimum atomic E-state index is -0.465. The first-order chi connectivity index (χ1) is 6.65. The molecule has 0 rings (SSSR count). The van der Waals surface area contributed by atoms with Crippen LogP contribution in [-0.4, -0.2) is 31.1 Å². The van der Waals surface area contributed by atoms with Crippen LogP contribution in [0, 0.1) is 11.3 Å². The second kappa shape index (κ2) is 7.04. The molecule has 5 heteroatoms. The zero-order valence-electron chi connectivity index (χ0n) is 8.16. The van der Waals surface area contributed by atoms with Gasteiger partial charge in [-0.1, -0.05) is 0 Å². The number of amides is 1. The number of likely N-dealkylation sites (N-methyl/N-ethyl adjacent to an activating group) is 1. The lowest BCUT2D eigenvalue weighted by Gasteiger charge is -2.10. The first-order valence-corrected chi connectivity index (χ1v) is 4.28. The summed E-state index contributed by atoms with van der Waals surface area (Å²) in [6.45, 7) is -0.567.